The van der Waals surface area contributed by atoms with Crippen molar-refractivity contribution in [3.8, 4) is 5.75 Å². The average molecular weight is 386 g/mol. The van der Waals surface area contributed by atoms with Crippen molar-refractivity contribution in [3.05, 3.63) is 59.7 Å². The fourth-order valence-electron chi connectivity index (χ4n) is 3.07. The molecule has 1 aliphatic rings. The molecule has 0 unspecified atom stereocenters. The van der Waals surface area contributed by atoms with Crippen molar-refractivity contribution < 1.29 is 9.47 Å². The van der Waals surface area contributed by atoms with Crippen LogP contribution in [-0.4, -0.2) is 50.0 Å². The number of rotatable bonds is 6. The van der Waals surface area contributed by atoms with Gasteiger partial charge < -0.3 is 20.1 Å². The third kappa shape index (κ3) is 5.92. The van der Waals surface area contributed by atoms with Gasteiger partial charge in [-0.2, -0.15) is 0 Å². The first-order valence-corrected chi connectivity index (χ1v) is 9.63. The van der Waals surface area contributed by atoms with E-state index in [0.29, 0.717) is 5.11 Å². The summed E-state index contributed by atoms with van der Waals surface area (Å²) in [6.45, 7) is 6.46. The molecule has 1 saturated heterocycles. The molecule has 0 aromatic heterocycles. The molecule has 2 N–H and O–H groups in total. The van der Waals surface area contributed by atoms with Crippen LogP contribution in [0.5, 0.6) is 5.75 Å². The van der Waals surface area contributed by atoms with Crippen molar-refractivity contribution >= 4 is 23.0 Å². The summed E-state index contributed by atoms with van der Waals surface area (Å²) in [4.78, 5) is 2.41. The van der Waals surface area contributed by atoms with Crippen LogP contribution < -0.4 is 15.4 Å². The zero-order valence-electron chi connectivity index (χ0n) is 15.9. The number of aryl methyl sites for hydroxylation is 1. The Morgan fingerprint density at radius 1 is 1.11 bits per heavy atom. The van der Waals surface area contributed by atoms with Crippen molar-refractivity contribution in [2.24, 2.45) is 0 Å². The molecule has 144 valence electrons. The smallest absolute Gasteiger partial charge is 0.171 e. The van der Waals surface area contributed by atoms with Gasteiger partial charge >= 0.3 is 0 Å². The molecule has 2 aromatic carbocycles. The minimum atomic E-state index is 0.113. The average Bonchev–Trinajstić information content (AvgIpc) is 2.69. The van der Waals surface area contributed by atoms with Crippen LogP contribution >= 0.6 is 12.2 Å². The molecule has 5 nitrogen and oxygen atoms in total. The molecule has 0 saturated carbocycles. The Labute approximate surface area is 166 Å². The minimum absolute atomic E-state index is 0.113. The van der Waals surface area contributed by atoms with E-state index in [1.165, 1.54) is 11.1 Å². The molecule has 1 fully saturated rings. The summed E-state index contributed by atoms with van der Waals surface area (Å²) in [5.74, 6) is 0.823. The Balaban J connectivity index is 1.67. The molecule has 1 aliphatic heterocycles. The summed E-state index contributed by atoms with van der Waals surface area (Å²) in [5.41, 5.74) is 3.41. The Bertz CT molecular complexity index is 728. The van der Waals surface area contributed by atoms with E-state index in [1.54, 1.807) is 7.11 Å². The first-order valence-electron chi connectivity index (χ1n) is 9.22. The summed E-state index contributed by atoms with van der Waals surface area (Å²) in [5, 5.41) is 7.36. The van der Waals surface area contributed by atoms with E-state index in [4.69, 9.17) is 21.7 Å². The topological polar surface area (TPSA) is 45.8 Å². The fraction of sp³-hybridized carbons (Fsp3) is 0.381. The summed E-state index contributed by atoms with van der Waals surface area (Å²) in [6, 6.07) is 16.5. The van der Waals surface area contributed by atoms with Crippen molar-refractivity contribution in [3.63, 3.8) is 0 Å². The van der Waals surface area contributed by atoms with Crippen molar-refractivity contribution in [1.29, 1.82) is 0 Å². The first kappa shape index (κ1) is 19.6. The van der Waals surface area contributed by atoms with Crippen molar-refractivity contribution in [1.82, 2.24) is 10.2 Å². The highest BCUT2D eigenvalue weighted by Gasteiger charge is 2.19. The van der Waals surface area contributed by atoms with Crippen LogP contribution in [0.4, 0.5) is 5.69 Å². The van der Waals surface area contributed by atoms with Crippen LogP contribution in [0, 0.1) is 6.92 Å². The van der Waals surface area contributed by atoms with E-state index >= 15 is 0 Å². The van der Waals surface area contributed by atoms with E-state index in [0.717, 1.165) is 44.3 Å². The third-order valence-electron chi connectivity index (χ3n) is 4.68. The SMILES string of the molecule is COc1ccc(NC(=S)N[C@@H](CN2CCOCC2)c2ccc(C)cc2)cc1. The third-order valence-corrected chi connectivity index (χ3v) is 4.90. The molecule has 3 rings (SSSR count). The Morgan fingerprint density at radius 2 is 1.78 bits per heavy atom. The van der Waals surface area contributed by atoms with E-state index in [1.807, 2.05) is 24.3 Å². The van der Waals surface area contributed by atoms with Crippen LogP contribution in [0.2, 0.25) is 0 Å². The summed E-state index contributed by atoms with van der Waals surface area (Å²) in [6.07, 6.45) is 0. The molecular weight excluding hydrogens is 358 g/mol. The lowest BCUT2D eigenvalue weighted by atomic mass is 10.0. The molecule has 0 spiro atoms. The highest BCUT2D eigenvalue weighted by molar-refractivity contribution is 7.80. The van der Waals surface area contributed by atoms with Crippen LogP contribution in [0.3, 0.4) is 0 Å². The van der Waals surface area contributed by atoms with Gasteiger partial charge in [-0.3, -0.25) is 4.90 Å². The second kappa shape index (κ2) is 9.69. The van der Waals surface area contributed by atoms with E-state index in [9.17, 15) is 0 Å². The fourth-order valence-corrected chi connectivity index (χ4v) is 3.33. The van der Waals surface area contributed by atoms with Crippen molar-refractivity contribution in [2.45, 2.75) is 13.0 Å². The standard InChI is InChI=1S/C21H27N3O2S/c1-16-3-5-17(6-4-16)20(15-24-11-13-26-14-12-24)23-21(27)22-18-7-9-19(25-2)10-8-18/h3-10,20H,11-15H2,1-2H3,(H2,22,23,27)/t20-/m0/s1. The number of nitrogens with zero attached hydrogens (tertiary/aromatic N) is 1. The van der Waals surface area contributed by atoms with Gasteiger partial charge in [0.05, 0.1) is 26.4 Å². The van der Waals surface area contributed by atoms with Gasteiger partial charge in [0.2, 0.25) is 0 Å². The number of anilines is 1. The van der Waals surface area contributed by atoms with Gasteiger partial charge in [-0.1, -0.05) is 29.8 Å². The predicted molar refractivity (Wildman–Crippen MR) is 114 cm³/mol. The van der Waals surface area contributed by atoms with Gasteiger partial charge in [-0.25, -0.2) is 0 Å². The normalized spacial score (nSPS) is 15.8. The molecule has 0 bridgehead atoms. The van der Waals surface area contributed by atoms with Crippen LogP contribution in [0.15, 0.2) is 48.5 Å². The molecule has 0 radical (unpaired) electrons. The van der Waals surface area contributed by atoms with Gasteiger partial charge in [0, 0.05) is 25.3 Å². The number of hydrogen-bond donors (Lipinski definition) is 2. The molecule has 27 heavy (non-hydrogen) atoms. The minimum Gasteiger partial charge on any atom is -0.497 e. The summed E-state index contributed by atoms with van der Waals surface area (Å²) in [7, 11) is 1.66. The van der Waals surface area contributed by atoms with Gasteiger partial charge in [0.15, 0.2) is 5.11 Å². The molecule has 1 atom stereocenters. The number of thiocarbonyl (C=S) groups is 1. The van der Waals surface area contributed by atoms with Crippen LogP contribution in [-0.2, 0) is 4.74 Å². The lowest BCUT2D eigenvalue weighted by molar-refractivity contribution is 0.0344. The lowest BCUT2D eigenvalue weighted by Crippen LogP contribution is -2.44. The van der Waals surface area contributed by atoms with Crippen molar-refractivity contribution in [2.75, 3.05) is 45.3 Å². The maximum Gasteiger partial charge on any atom is 0.171 e. The number of nitrogens with one attached hydrogen (secondary N) is 2. The van der Waals surface area contributed by atoms with Gasteiger partial charge in [-0.05, 0) is 49.0 Å². The highest BCUT2D eigenvalue weighted by atomic mass is 32.1. The second-order valence-corrected chi connectivity index (χ2v) is 7.11. The molecule has 0 aliphatic carbocycles. The van der Waals surface area contributed by atoms with Gasteiger partial charge in [0.25, 0.3) is 0 Å². The van der Waals surface area contributed by atoms with Crippen LogP contribution in [0.25, 0.3) is 0 Å². The van der Waals surface area contributed by atoms with E-state index in [2.05, 4.69) is 46.7 Å². The van der Waals surface area contributed by atoms with Crippen LogP contribution in [0.1, 0.15) is 17.2 Å². The second-order valence-electron chi connectivity index (χ2n) is 6.70. The Morgan fingerprint density at radius 3 is 2.41 bits per heavy atom. The Hall–Kier alpha value is -2.15. The quantitative estimate of drug-likeness (QED) is 0.744. The highest BCUT2D eigenvalue weighted by Crippen LogP contribution is 2.18. The zero-order chi connectivity index (χ0) is 19.1. The number of methoxy groups -OCH3 is 1. The van der Waals surface area contributed by atoms with Gasteiger partial charge in [0.1, 0.15) is 5.75 Å². The predicted octanol–water partition coefficient (Wildman–Crippen LogP) is 3.36. The number of morpholine rings is 1. The zero-order valence-corrected chi connectivity index (χ0v) is 16.7. The first-order chi connectivity index (χ1) is 13.1. The summed E-state index contributed by atoms with van der Waals surface area (Å²) < 4.78 is 10.7. The number of ether oxygens (including phenoxy) is 2. The molecule has 1 heterocycles. The molecule has 6 heteroatoms. The maximum absolute atomic E-state index is 5.57. The molecule has 2 aromatic rings. The largest absolute Gasteiger partial charge is 0.497 e. The monoisotopic (exact) mass is 385 g/mol. The Kier molecular flexibility index (Phi) is 7.04. The molecule has 0 amide bonds. The molecular formula is C21H27N3O2S. The van der Waals surface area contributed by atoms with Gasteiger partial charge in [-0.15, -0.1) is 0 Å². The lowest BCUT2D eigenvalue weighted by Gasteiger charge is -2.31. The maximum atomic E-state index is 5.57. The summed E-state index contributed by atoms with van der Waals surface area (Å²) >= 11 is 5.57. The van der Waals surface area contributed by atoms with E-state index < -0.39 is 0 Å². The number of benzene rings is 2. The van der Waals surface area contributed by atoms with E-state index in [-0.39, 0.29) is 6.04 Å². The number of hydrogen-bond acceptors (Lipinski definition) is 4.